The van der Waals surface area contributed by atoms with Gasteiger partial charge in [0.15, 0.2) is 0 Å². The summed E-state index contributed by atoms with van der Waals surface area (Å²) in [6.45, 7) is 0. The average molecular weight is 260 g/mol. The summed E-state index contributed by atoms with van der Waals surface area (Å²) < 4.78 is 9.57. The van der Waals surface area contributed by atoms with Crippen LogP contribution < -0.4 is 0 Å². The molecule has 6 nitrogen and oxygen atoms in total. The highest BCUT2D eigenvalue weighted by atomic mass is 16.6. The quantitative estimate of drug-likeness (QED) is 0.627. The SMILES string of the molecule is O=C1CCCCC(O)OC(=O)CCCCC(O)O1. The molecule has 104 valence electrons. The first-order valence-corrected chi connectivity index (χ1v) is 6.33. The Morgan fingerprint density at radius 2 is 1.17 bits per heavy atom. The molecule has 1 fully saturated rings. The lowest BCUT2D eigenvalue weighted by atomic mass is 10.1. The van der Waals surface area contributed by atoms with Crippen LogP contribution in [0.5, 0.6) is 0 Å². The molecule has 2 atom stereocenters. The fraction of sp³-hybridized carbons (Fsp3) is 0.833. The van der Waals surface area contributed by atoms with Crippen molar-refractivity contribution in [2.45, 2.75) is 63.9 Å². The second kappa shape index (κ2) is 8.05. The summed E-state index contributed by atoms with van der Waals surface area (Å²) >= 11 is 0. The Hall–Kier alpha value is -1.14. The van der Waals surface area contributed by atoms with E-state index >= 15 is 0 Å². The molecular formula is C12H20O6. The smallest absolute Gasteiger partial charge is 0.308 e. The van der Waals surface area contributed by atoms with E-state index in [9.17, 15) is 19.8 Å². The minimum Gasteiger partial charge on any atom is -0.436 e. The van der Waals surface area contributed by atoms with E-state index in [4.69, 9.17) is 9.47 Å². The zero-order valence-corrected chi connectivity index (χ0v) is 10.3. The van der Waals surface area contributed by atoms with Crippen molar-refractivity contribution in [1.82, 2.24) is 0 Å². The maximum absolute atomic E-state index is 11.3. The molecule has 0 saturated carbocycles. The van der Waals surface area contributed by atoms with Crippen LogP contribution in [0.15, 0.2) is 0 Å². The lowest BCUT2D eigenvalue weighted by Crippen LogP contribution is -2.20. The molecule has 2 unspecified atom stereocenters. The zero-order chi connectivity index (χ0) is 13.4. The van der Waals surface area contributed by atoms with Gasteiger partial charge in [-0.2, -0.15) is 0 Å². The molecule has 0 aliphatic carbocycles. The molecule has 0 bridgehead atoms. The number of rotatable bonds is 0. The summed E-state index contributed by atoms with van der Waals surface area (Å²) in [5.74, 6) is -0.878. The van der Waals surface area contributed by atoms with Crippen LogP contribution in [0.4, 0.5) is 0 Å². The third-order valence-corrected chi connectivity index (χ3v) is 2.70. The maximum Gasteiger partial charge on any atom is 0.308 e. The van der Waals surface area contributed by atoms with Gasteiger partial charge >= 0.3 is 11.9 Å². The number of aliphatic hydroxyl groups excluding tert-OH is 2. The highest BCUT2D eigenvalue weighted by Gasteiger charge is 2.15. The summed E-state index contributed by atoms with van der Waals surface area (Å²) in [7, 11) is 0. The molecule has 0 spiro atoms. The average Bonchev–Trinajstić information content (AvgIpc) is 2.29. The molecule has 1 aliphatic heterocycles. The van der Waals surface area contributed by atoms with E-state index in [0.29, 0.717) is 38.5 Å². The van der Waals surface area contributed by atoms with Crippen molar-refractivity contribution in [2.24, 2.45) is 0 Å². The van der Waals surface area contributed by atoms with Gasteiger partial charge < -0.3 is 19.7 Å². The zero-order valence-electron chi connectivity index (χ0n) is 10.3. The number of carbonyl (C=O) groups is 2. The van der Waals surface area contributed by atoms with Crippen molar-refractivity contribution in [2.75, 3.05) is 0 Å². The van der Waals surface area contributed by atoms with Gasteiger partial charge in [0, 0.05) is 25.7 Å². The van der Waals surface area contributed by atoms with Crippen LogP contribution in [0.2, 0.25) is 0 Å². The van der Waals surface area contributed by atoms with Gasteiger partial charge in [-0.05, 0) is 25.7 Å². The van der Waals surface area contributed by atoms with Gasteiger partial charge in [-0.25, -0.2) is 0 Å². The summed E-state index contributed by atoms with van der Waals surface area (Å²) in [6.07, 6.45) is 0.974. The summed E-state index contributed by atoms with van der Waals surface area (Å²) in [4.78, 5) is 22.5. The first-order valence-electron chi connectivity index (χ1n) is 6.33. The van der Waals surface area contributed by atoms with E-state index in [1.807, 2.05) is 0 Å². The molecule has 0 aromatic heterocycles. The standard InChI is InChI=1S/C12H20O6/c13-9-5-1-2-6-10(14)18-12(16)8-4-3-7-11(15)17-9/h9,12-13,16H,1-8H2. The Morgan fingerprint density at radius 1 is 0.778 bits per heavy atom. The first kappa shape index (κ1) is 14.9. The molecule has 0 aromatic carbocycles. The molecule has 1 saturated heterocycles. The summed E-state index contributed by atoms with van der Waals surface area (Å²) in [5.41, 5.74) is 0. The number of cyclic esters (lactones) is 2. The van der Waals surface area contributed by atoms with Crippen molar-refractivity contribution in [3.05, 3.63) is 0 Å². The van der Waals surface area contributed by atoms with Crippen LogP contribution >= 0.6 is 0 Å². The monoisotopic (exact) mass is 260 g/mol. The summed E-state index contributed by atoms with van der Waals surface area (Å²) in [5, 5.41) is 18.8. The second-order valence-corrected chi connectivity index (χ2v) is 4.38. The van der Waals surface area contributed by atoms with Gasteiger partial charge in [-0.1, -0.05) is 0 Å². The van der Waals surface area contributed by atoms with Crippen molar-refractivity contribution >= 4 is 11.9 Å². The van der Waals surface area contributed by atoms with Crippen molar-refractivity contribution in [3.63, 3.8) is 0 Å². The fourth-order valence-electron chi connectivity index (χ4n) is 1.72. The normalized spacial score (nSPS) is 29.0. The van der Waals surface area contributed by atoms with Crippen LogP contribution in [0, 0.1) is 0 Å². The Labute approximate surface area is 106 Å². The van der Waals surface area contributed by atoms with Crippen LogP contribution in [0.25, 0.3) is 0 Å². The number of aliphatic hydroxyl groups is 2. The van der Waals surface area contributed by atoms with Crippen LogP contribution in [-0.4, -0.2) is 34.7 Å². The van der Waals surface area contributed by atoms with E-state index in [0.717, 1.165) is 0 Å². The number of carbonyl (C=O) groups excluding carboxylic acids is 2. The summed E-state index contributed by atoms with van der Waals surface area (Å²) in [6, 6.07) is 0. The van der Waals surface area contributed by atoms with Crippen LogP contribution in [0.3, 0.4) is 0 Å². The lowest BCUT2D eigenvalue weighted by Gasteiger charge is -2.15. The van der Waals surface area contributed by atoms with Gasteiger partial charge in [0.25, 0.3) is 0 Å². The van der Waals surface area contributed by atoms with E-state index in [2.05, 4.69) is 0 Å². The number of hydrogen-bond donors (Lipinski definition) is 2. The van der Waals surface area contributed by atoms with Crippen molar-refractivity contribution in [1.29, 1.82) is 0 Å². The highest BCUT2D eigenvalue weighted by molar-refractivity contribution is 5.69. The van der Waals surface area contributed by atoms with E-state index in [1.54, 1.807) is 0 Å². The topological polar surface area (TPSA) is 93.1 Å². The molecular weight excluding hydrogens is 240 g/mol. The Morgan fingerprint density at radius 3 is 1.56 bits per heavy atom. The molecule has 18 heavy (non-hydrogen) atoms. The first-order chi connectivity index (χ1) is 8.58. The minimum atomic E-state index is -1.10. The Kier molecular flexibility index (Phi) is 6.67. The third-order valence-electron chi connectivity index (χ3n) is 2.70. The number of esters is 2. The van der Waals surface area contributed by atoms with E-state index in [-0.39, 0.29) is 12.8 Å². The minimum absolute atomic E-state index is 0.192. The number of hydrogen-bond acceptors (Lipinski definition) is 6. The Balaban J connectivity index is 2.41. The molecule has 0 radical (unpaired) electrons. The second-order valence-electron chi connectivity index (χ2n) is 4.38. The molecule has 2 N–H and O–H groups in total. The molecule has 0 aromatic rings. The van der Waals surface area contributed by atoms with Crippen LogP contribution in [0.1, 0.15) is 51.4 Å². The maximum atomic E-state index is 11.3. The highest BCUT2D eigenvalue weighted by Crippen LogP contribution is 2.12. The molecule has 6 heteroatoms. The van der Waals surface area contributed by atoms with Gasteiger partial charge in [0.2, 0.25) is 12.6 Å². The number of ether oxygens (including phenoxy) is 2. The predicted octanol–water partition coefficient (Wildman–Crippen LogP) is 0.844. The van der Waals surface area contributed by atoms with Crippen molar-refractivity contribution < 1.29 is 29.3 Å². The molecule has 1 rings (SSSR count). The molecule has 0 amide bonds. The molecule has 1 aliphatic rings. The van der Waals surface area contributed by atoms with E-state index < -0.39 is 24.5 Å². The van der Waals surface area contributed by atoms with Gasteiger partial charge in [-0.15, -0.1) is 0 Å². The lowest BCUT2D eigenvalue weighted by molar-refractivity contribution is -0.173. The van der Waals surface area contributed by atoms with Gasteiger partial charge in [0.1, 0.15) is 0 Å². The Bertz CT molecular complexity index is 250. The third kappa shape index (κ3) is 6.56. The van der Waals surface area contributed by atoms with Gasteiger partial charge in [0.05, 0.1) is 0 Å². The van der Waals surface area contributed by atoms with Crippen molar-refractivity contribution in [3.8, 4) is 0 Å². The fourth-order valence-corrected chi connectivity index (χ4v) is 1.72. The largest absolute Gasteiger partial charge is 0.436 e. The van der Waals surface area contributed by atoms with Gasteiger partial charge in [-0.3, -0.25) is 9.59 Å². The van der Waals surface area contributed by atoms with E-state index in [1.165, 1.54) is 0 Å². The van der Waals surface area contributed by atoms with Crippen LogP contribution in [-0.2, 0) is 19.1 Å². The molecule has 1 heterocycles. The predicted molar refractivity (Wildman–Crippen MR) is 61.1 cm³/mol.